The van der Waals surface area contributed by atoms with Crippen LogP contribution in [0, 0.1) is 0 Å². The highest BCUT2D eigenvalue weighted by molar-refractivity contribution is 4.86. The first-order valence-electron chi connectivity index (χ1n) is 8.29. The largest absolute Gasteiger partial charge is 0.298 e. The fraction of sp³-hybridized carbons (Fsp3) is 1.00. The first-order chi connectivity index (χ1) is 8.81. The Labute approximate surface area is 114 Å². The Kier molecular flexibility index (Phi) is 5.97. The van der Waals surface area contributed by atoms with Gasteiger partial charge in [0, 0.05) is 31.7 Å². The van der Waals surface area contributed by atoms with Crippen LogP contribution in [0.15, 0.2) is 0 Å². The van der Waals surface area contributed by atoms with E-state index < -0.39 is 0 Å². The van der Waals surface area contributed by atoms with Gasteiger partial charge < -0.3 is 0 Å². The third-order valence-electron chi connectivity index (χ3n) is 4.97. The van der Waals surface area contributed by atoms with Gasteiger partial charge in [0.25, 0.3) is 0 Å². The van der Waals surface area contributed by atoms with Gasteiger partial charge in [-0.05, 0) is 32.7 Å². The Balaban J connectivity index is 1.69. The topological polar surface area (TPSA) is 6.48 Å². The van der Waals surface area contributed by atoms with E-state index in [0.717, 1.165) is 12.1 Å². The molecule has 0 bridgehead atoms. The lowest BCUT2D eigenvalue weighted by atomic mass is 9.98. The highest BCUT2D eigenvalue weighted by Crippen LogP contribution is 2.23. The van der Waals surface area contributed by atoms with E-state index in [2.05, 4.69) is 23.6 Å². The zero-order chi connectivity index (χ0) is 12.8. The summed E-state index contributed by atoms with van der Waals surface area (Å²) in [6.45, 7) is 10.1. The smallest absolute Gasteiger partial charge is 0.0223 e. The molecule has 0 N–H and O–H groups in total. The van der Waals surface area contributed by atoms with Crippen molar-refractivity contribution >= 4 is 0 Å². The van der Waals surface area contributed by atoms with Crippen LogP contribution in [0.4, 0.5) is 0 Å². The molecule has 0 aromatic carbocycles. The predicted octanol–water partition coefficient (Wildman–Crippen LogP) is 3.52. The molecule has 0 spiro atoms. The molecule has 0 aliphatic carbocycles. The summed E-state index contributed by atoms with van der Waals surface area (Å²) < 4.78 is 0. The van der Waals surface area contributed by atoms with E-state index in [9.17, 15) is 0 Å². The molecule has 0 radical (unpaired) electrons. The van der Waals surface area contributed by atoms with Gasteiger partial charge in [-0.2, -0.15) is 0 Å². The molecule has 106 valence electrons. The monoisotopic (exact) mass is 252 g/mol. The summed E-state index contributed by atoms with van der Waals surface area (Å²) >= 11 is 0. The summed E-state index contributed by atoms with van der Waals surface area (Å²) in [4.78, 5) is 5.50. The van der Waals surface area contributed by atoms with Crippen LogP contribution in [0.1, 0.15) is 65.2 Å². The number of rotatable bonds is 6. The van der Waals surface area contributed by atoms with E-state index in [0.29, 0.717) is 0 Å². The Bertz CT molecular complexity index is 229. The lowest BCUT2D eigenvalue weighted by Crippen LogP contribution is -2.56. The van der Waals surface area contributed by atoms with Crippen molar-refractivity contribution < 1.29 is 0 Å². The van der Waals surface area contributed by atoms with Gasteiger partial charge in [0.1, 0.15) is 0 Å². The number of hydrogen-bond acceptors (Lipinski definition) is 2. The van der Waals surface area contributed by atoms with Crippen LogP contribution in [0.25, 0.3) is 0 Å². The lowest BCUT2D eigenvalue weighted by molar-refractivity contribution is 0.0288. The molecule has 2 unspecified atom stereocenters. The second-order valence-corrected chi connectivity index (χ2v) is 6.38. The van der Waals surface area contributed by atoms with Crippen molar-refractivity contribution in [3.63, 3.8) is 0 Å². The third kappa shape index (κ3) is 3.96. The lowest BCUT2D eigenvalue weighted by Gasteiger charge is -2.46. The van der Waals surface area contributed by atoms with Crippen LogP contribution in [0.2, 0.25) is 0 Å². The van der Waals surface area contributed by atoms with Crippen LogP contribution < -0.4 is 0 Å². The summed E-state index contributed by atoms with van der Waals surface area (Å²) in [5.41, 5.74) is 0. The minimum atomic E-state index is 0.811. The van der Waals surface area contributed by atoms with Crippen molar-refractivity contribution in [2.75, 3.05) is 26.2 Å². The van der Waals surface area contributed by atoms with E-state index in [1.165, 1.54) is 77.5 Å². The second-order valence-electron chi connectivity index (χ2n) is 6.38. The number of piperazine rings is 1. The summed E-state index contributed by atoms with van der Waals surface area (Å²) in [6.07, 6.45) is 11.4. The number of nitrogens with zero attached hydrogens (tertiary/aromatic N) is 2. The molecule has 2 aliphatic heterocycles. The van der Waals surface area contributed by atoms with Gasteiger partial charge in [-0.15, -0.1) is 0 Å². The van der Waals surface area contributed by atoms with Gasteiger partial charge in [0.15, 0.2) is 0 Å². The Morgan fingerprint density at radius 1 is 1.06 bits per heavy atom. The SMILES string of the molecule is CCCCCCC(C)N1CCN2CCCCC2C1. The van der Waals surface area contributed by atoms with Crippen molar-refractivity contribution in [3.05, 3.63) is 0 Å². The van der Waals surface area contributed by atoms with Crippen molar-refractivity contribution in [2.24, 2.45) is 0 Å². The highest BCUT2D eigenvalue weighted by atomic mass is 15.3. The maximum absolute atomic E-state index is 2.76. The Morgan fingerprint density at radius 2 is 1.94 bits per heavy atom. The zero-order valence-corrected chi connectivity index (χ0v) is 12.5. The van der Waals surface area contributed by atoms with Gasteiger partial charge in [0.2, 0.25) is 0 Å². The van der Waals surface area contributed by atoms with E-state index in [4.69, 9.17) is 0 Å². The van der Waals surface area contributed by atoms with Gasteiger partial charge in [-0.25, -0.2) is 0 Å². The molecule has 0 amide bonds. The van der Waals surface area contributed by atoms with Crippen LogP contribution in [-0.4, -0.2) is 48.1 Å². The number of fused-ring (bicyclic) bond motifs is 1. The van der Waals surface area contributed by atoms with E-state index in [1.54, 1.807) is 0 Å². The molecule has 0 aromatic heterocycles. The molecule has 2 rings (SSSR count). The maximum Gasteiger partial charge on any atom is 0.0223 e. The van der Waals surface area contributed by atoms with Crippen molar-refractivity contribution in [2.45, 2.75) is 77.3 Å². The van der Waals surface area contributed by atoms with Crippen LogP contribution >= 0.6 is 0 Å². The molecule has 2 saturated heterocycles. The van der Waals surface area contributed by atoms with Crippen LogP contribution in [0.3, 0.4) is 0 Å². The minimum absolute atomic E-state index is 0.811. The molecule has 2 heterocycles. The molecular weight excluding hydrogens is 220 g/mol. The van der Waals surface area contributed by atoms with E-state index >= 15 is 0 Å². The van der Waals surface area contributed by atoms with Gasteiger partial charge in [-0.1, -0.05) is 39.0 Å². The van der Waals surface area contributed by atoms with Gasteiger partial charge in [0.05, 0.1) is 0 Å². The quantitative estimate of drug-likeness (QED) is 0.667. The molecular formula is C16H32N2. The molecule has 2 fully saturated rings. The predicted molar refractivity (Wildman–Crippen MR) is 79.0 cm³/mol. The Hall–Kier alpha value is -0.0800. The summed E-state index contributed by atoms with van der Waals surface area (Å²) in [6, 6.07) is 1.69. The summed E-state index contributed by atoms with van der Waals surface area (Å²) in [5.74, 6) is 0. The van der Waals surface area contributed by atoms with Crippen LogP contribution in [-0.2, 0) is 0 Å². The van der Waals surface area contributed by atoms with Gasteiger partial charge >= 0.3 is 0 Å². The molecule has 0 saturated carbocycles. The van der Waals surface area contributed by atoms with E-state index in [1.807, 2.05) is 0 Å². The standard InChI is InChI=1S/C16H32N2/c1-3-4-5-6-9-15(2)18-13-12-17-11-8-7-10-16(17)14-18/h15-16H,3-14H2,1-2H3. The molecule has 2 heteroatoms. The zero-order valence-electron chi connectivity index (χ0n) is 12.5. The van der Waals surface area contributed by atoms with Gasteiger partial charge in [-0.3, -0.25) is 9.80 Å². The van der Waals surface area contributed by atoms with Crippen molar-refractivity contribution in [1.29, 1.82) is 0 Å². The fourth-order valence-corrected chi connectivity index (χ4v) is 3.63. The van der Waals surface area contributed by atoms with Crippen molar-refractivity contribution in [1.82, 2.24) is 9.80 Å². The summed E-state index contributed by atoms with van der Waals surface area (Å²) in [7, 11) is 0. The number of unbranched alkanes of at least 4 members (excludes halogenated alkanes) is 3. The van der Waals surface area contributed by atoms with Crippen molar-refractivity contribution in [3.8, 4) is 0 Å². The van der Waals surface area contributed by atoms with E-state index in [-0.39, 0.29) is 0 Å². The average Bonchev–Trinajstić information content (AvgIpc) is 2.43. The third-order valence-corrected chi connectivity index (χ3v) is 4.97. The second kappa shape index (κ2) is 7.49. The molecule has 2 aliphatic rings. The first kappa shape index (κ1) is 14.3. The fourth-order valence-electron chi connectivity index (χ4n) is 3.63. The number of hydrogen-bond donors (Lipinski definition) is 0. The highest BCUT2D eigenvalue weighted by Gasteiger charge is 2.30. The number of piperidine rings is 1. The maximum atomic E-state index is 2.76. The average molecular weight is 252 g/mol. The van der Waals surface area contributed by atoms with Crippen LogP contribution in [0.5, 0.6) is 0 Å². The minimum Gasteiger partial charge on any atom is -0.298 e. The molecule has 2 atom stereocenters. The molecule has 0 aromatic rings. The Morgan fingerprint density at radius 3 is 2.78 bits per heavy atom. The summed E-state index contributed by atoms with van der Waals surface area (Å²) in [5, 5.41) is 0. The molecule has 18 heavy (non-hydrogen) atoms. The molecule has 2 nitrogen and oxygen atoms in total. The normalized spacial score (nSPS) is 28.0. The first-order valence-corrected chi connectivity index (χ1v) is 8.29.